The average Bonchev–Trinajstić information content (AvgIpc) is 2.25. The quantitative estimate of drug-likeness (QED) is 0.788. The van der Waals surface area contributed by atoms with Gasteiger partial charge in [-0.1, -0.05) is 34.1 Å². The second kappa shape index (κ2) is 11.7. The summed E-state index contributed by atoms with van der Waals surface area (Å²) in [5.74, 6) is -0.0735. The average molecular weight is 224 g/mol. The number of aryl methyl sites for hydroxylation is 1. The molecule has 0 bridgehead atoms. The van der Waals surface area contributed by atoms with E-state index in [-0.39, 0.29) is 5.91 Å². The molecule has 0 aliphatic rings. The highest BCUT2D eigenvalue weighted by Gasteiger charge is 1.93. The van der Waals surface area contributed by atoms with Crippen molar-refractivity contribution in [3.05, 3.63) is 24.0 Å². The third-order valence-corrected chi connectivity index (χ3v) is 1.23. The number of hydrogen-bond acceptors (Lipinski definition) is 2. The zero-order valence-electron chi connectivity index (χ0n) is 11.3. The van der Waals surface area contributed by atoms with E-state index >= 15 is 0 Å². The van der Waals surface area contributed by atoms with Crippen LogP contribution in [0.3, 0.4) is 0 Å². The highest BCUT2D eigenvalue weighted by atomic mass is 16.1. The van der Waals surface area contributed by atoms with E-state index in [0.29, 0.717) is 0 Å². The van der Waals surface area contributed by atoms with Crippen LogP contribution in [0.15, 0.2) is 18.3 Å². The van der Waals surface area contributed by atoms with Gasteiger partial charge in [-0.25, -0.2) is 0 Å². The minimum Gasteiger partial charge on any atom is -0.325 e. The van der Waals surface area contributed by atoms with E-state index in [4.69, 9.17) is 0 Å². The number of amides is 1. The Bertz CT molecular complexity index is 268. The summed E-state index contributed by atoms with van der Waals surface area (Å²) in [4.78, 5) is 14.6. The van der Waals surface area contributed by atoms with Gasteiger partial charge in [0.2, 0.25) is 5.91 Å². The molecule has 0 saturated heterocycles. The molecule has 0 atom stereocenters. The second-order valence-corrected chi connectivity index (χ2v) is 3.08. The summed E-state index contributed by atoms with van der Waals surface area (Å²) in [6.07, 6.45) is 2.89. The molecule has 1 amide bonds. The first kappa shape index (κ1) is 17.0. The van der Waals surface area contributed by atoms with Crippen molar-refractivity contribution in [2.45, 2.75) is 48.0 Å². The Morgan fingerprint density at radius 3 is 2.12 bits per heavy atom. The number of nitrogens with zero attached hydrogens (tertiary/aromatic N) is 1. The maximum Gasteiger partial charge on any atom is 0.221 e. The fourth-order valence-electron chi connectivity index (χ4n) is 0.745. The molecule has 1 aromatic heterocycles. The lowest BCUT2D eigenvalue weighted by molar-refractivity contribution is -0.114. The first-order valence-corrected chi connectivity index (χ1v) is 5.80. The van der Waals surface area contributed by atoms with Crippen LogP contribution in [0.4, 0.5) is 5.69 Å². The van der Waals surface area contributed by atoms with Crippen molar-refractivity contribution in [2.24, 2.45) is 0 Å². The van der Waals surface area contributed by atoms with E-state index in [9.17, 15) is 4.79 Å². The maximum absolute atomic E-state index is 10.6. The van der Waals surface area contributed by atoms with Crippen molar-refractivity contribution < 1.29 is 4.79 Å². The van der Waals surface area contributed by atoms with E-state index < -0.39 is 0 Å². The molecule has 92 valence electrons. The van der Waals surface area contributed by atoms with Crippen molar-refractivity contribution in [1.82, 2.24) is 4.98 Å². The molecule has 0 spiro atoms. The maximum atomic E-state index is 10.6. The van der Waals surface area contributed by atoms with Crippen LogP contribution in [0, 0.1) is 6.92 Å². The van der Waals surface area contributed by atoms with Crippen LogP contribution in [0.25, 0.3) is 0 Å². The highest BCUT2D eigenvalue weighted by Crippen LogP contribution is 2.04. The molecule has 16 heavy (non-hydrogen) atoms. The SMILES string of the molecule is CC.CC(=O)Nc1ccc(C)nc1.CCC. The van der Waals surface area contributed by atoms with Gasteiger partial charge in [0, 0.05) is 12.6 Å². The van der Waals surface area contributed by atoms with Crippen LogP contribution < -0.4 is 5.32 Å². The smallest absolute Gasteiger partial charge is 0.221 e. The van der Waals surface area contributed by atoms with E-state index in [0.717, 1.165) is 11.4 Å². The van der Waals surface area contributed by atoms with Crippen LogP contribution in [0.2, 0.25) is 0 Å². The van der Waals surface area contributed by atoms with E-state index in [1.54, 1.807) is 6.20 Å². The summed E-state index contributed by atoms with van der Waals surface area (Å²) in [6.45, 7) is 11.6. The number of carbonyl (C=O) groups is 1. The van der Waals surface area contributed by atoms with Crippen LogP contribution in [-0.4, -0.2) is 10.9 Å². The van der Waals surface area contributed by atoms with Gasteiger partial charge < -0.3 is 5.32 Å². The van der Waals surface area contributed by atoms with Crippen LogP contribution in [0.1, 0.15) is 46.7 Å². The van der Waals surface area contributed by atoms with E-state index in [1.165, 1.54) is 13.3 Å². The lowest BCUT2D eigenvalue weighted by Crippen LogP contribution is -2.05. The number of carbonyl (C=O) groups excluding carboxylic acids is 1. The van der Waals surface area contributed by atoms with Crippen molar-refractivity contribution in [1.29, 1.82) is 0 Å². The Morgan fingerprint density at radius 2 is 1.81 bits per heavy atom. The summed E-state index contributed by atoms with van der Waals surface area (Å²) in [6, 6.07) is 3.68. The normalized spacial score (nSPS) is 7.88. The third kappa shape index (κ3) is 10.7. The number of aromatic nitrogens is 1. The lowest BCUT2D eigenvalue weighted by Gasteiger charge is -1.99. The van der Waals surface area contributed by atoms with Crippen molar-refractivity contribution in [3.63, 3.8) is 0 Å². The predicted octanol–water partition coefficient (Wildman–Crippen LogP) is 3.79. The first-order valence-electron chi connectivity index (χ1n) is 5.80. The lowest BCUT2D eigenvalue weighted by atomic mass is 10.3. The highest BCUT2D eigenvalue weighted by molar-refractivity contribution is 5.88. The molecule has 1 heterocycles. The summed E-state index contributed by atoms with van der Waals surface area (Å²) in [5, 5.41) is 2.63. The predicted molar refractivity (Wildman–Crippen MR) is 70.6 cm³/mol. The third-order valence-electron chi connectivity index (χ3n) is 1.23. The largest absolute Gasteiger partial charge is 0.325 e. The molecule has 0 radical (unpaired) electrons. The van der Waals surface area contributed by atoms with E-state index in [1.807, 2.05) is 32.9 Å². The number of rotatable bonds is 1. The van der Waals surface area contributed by atoms with Crippen molar-refractivity contribution in [3.8, 4) is 0 Å². The molecular weight excluding hydrogens is 200 g/mol. The van der Waals surface area contributed by atoms with E-state index in [2.05, 4.69) is 24.1 Å². The Balaban J connectivity index is 0. The van der Waals surface area contributed by atoms with Gasteiger partial charge in [0.25, 0.3) is 0 Å². The number of nitrogens with one attached hydrogen (secondary N) is 1. The molecule has 0 aromatic carbocycles. The van der Waals surface area contributed by atoms with Crippen LogP contribution in [-0.2, 0) is 4.79 Å². The summed E-state index contributed by atoms with van der Waals surface area (Å²) < 4.78 is 0. The van der Waals surface area contributed by atoms with Crippen molar-refractivity contribution >= 4 is 11.6 Å². The number of anilines is 1. The minimum atomic E-state index is -0.0735. The standard InChI is InChI=1S/C8H10N2O.C3H8.C2H6/c1-6-3-4-8(5-9-6)10-7(2)11;1-3-2;1-2/h3-5H,1-2H3,(H,10,11);3H2,1-2H3;1-2H3. The summed E-state index contributed by atoms with van der Waals surface area (Å²) in [5.41, 5.74) is 1.68. The minimum absolute atomic E-state index is 0.0735. The number of hydrogen-bond donors (Lipinski definition) is 1. The van der Waals surface area contributed by atoms with Gasteiger partial charge in [-0.15, -0.1) is 0 Å². The molecule has 0 aliphatic heterocycles. The van der Waals surface area contributed by atoms with Crippen LogP contribution >= 0.6 is 0 Å². The van der Waals surface area contributed by atoms with Gasteiger partial charge in [-0.2, -0.15) is 0 Å². The van der Waals surface area contributed by atoms with Crippen LogP contribution in [0.5, 0.6) is 0 Å². The zero-order chi connectivity index (χ0) is 13.0. The monoisotopic (exact) mass is 224 g/mol. The fraction of sp³-hybridized carbons (Fsp3) is 0.538. The molecule has 0 saturated carbocycles. The van der Waals surface area contributed by atoms with Gasteiger partial charge in [0.15, 0.2) is 0 Å². The Labute approximate surface area is 99.3 Å². The molecule has 3 heteroatoms. The molecule has 1 rings (SSSR count). The summed E-state index contributed by atoms with van der Waals surface area (Å²) in [7, 11) is 0. The molecule has 1 N–H and O–H groups in total. The fourth-order valence-corrected chi connectivity index (χ4v) is 0.745. The Kier molecular flexibility index (Phi) is 12.4. The van der Waals surface area contributed by atoms with Gasteiger partial charge >= 0.3 is 0 Å². The summed E-state index contributed by atoms with van der Waals surface area (Å²) >= 11 is 0. The molecular formula is C13H24N2O. The van der Waals surface area contributed by atoms with Gasteiger partial charge in [-0.3, -0.25) is 9.78 Å². The van der Waals surface area contributed by atoms with Gasteiger partial charge in [0.05, 0.1) is 11.9 Å². The Morgan fingerprint density at radius 1 is 1.31 bits per heavy atom. The van der Waals surface area contributed by atoms with Gasteiger partial charge in [0.1, 0.15) is 0 Å². The molecule has 0 fully saturated rings. The first-order chi connectivity index (χ1) is 7.60. The molecule has 1 aromatic rings. The topological polar surface area (TPSA) is 42.0 Å². The Hall–Kier alpha value is -1.38. The molecule has 3 nitrogen and oxygen atoms in total. The second-order valence-electron chi connectivity index (χ2n) is 3.08. The molecule has 0 aliphatic carbocycles. The number of pyridine rings is 1. The molecule has 0 unspecified atom stereocenters. The van der Waals surface area contributed by atoms with Crippen molar-refractivity contribution in [2.75, 3.05) is 5.32 Å². The van der Waals surface area contributed by atoms with Gasteiger partial charge in [-0.05, 0) is 19.1 Å². The zero-order valence-corrected chi connectivity index (χ0v) is 11.3.